The van der Waals surface area contributed by atoms with Crippen molar-refractivity contribution in [3.63, 3.8) is 0 Å². The summed E-state index contributed by atoms with van der Waals surface area (Å²) in [4.78, 5) is 8.38. The van der Waals surface area contributed by atoms with Gasteiger partial charge in [0, 0.05) is 6.07 Å². The fraction of sp³-hybridized carbons (Fsp3) is 0.333. The van der Waals surface area contributed by atoms with Gasteiger partial charge >= 0.3 is 0 Å². The van der Waals surface area contributed by atoms with Gasteiger partial charge in [-0.3, -0.25) is 0 Å². The highest BCUT2D eigenvalue weighted by Crippen LogP contribution is 2.22. The van der Waals surface area contributed by atoms with E-state index in [1.165, 1.54) is 5.56 Å². The van der Waals surface area contributed by atoms with Gasteiger partial charge in [-0.15, -0.1) is 0 Å². The van der Waals surface area contributed by atoms with Gasteiger partial charge in [-0.25, -0.2) is 4.98 Å². The molecule has 0 radical (unpaired) electrons. The first-order chi connectivity index (χ1) is 9.60. The van der Waals surface area contributed by atoms with E-state index >= 15 is 0 Å². The lowest BCUT2D eigenvalue weighted by Gasteiger charge is -2.11. The molecule has 5 heteroatoms. The van der Waals surface area contributed by atoms with E-state index in [2.05, 4.69) is 9.97 Å². The molecule has 4 nitrogen and oxygen atoms in total. The van der Waals surface area contributed by atoms with Crippen LogP contribution in [0.1, 0.15) is 23.9 Å². The first-order valence-electron chi connectivity index (χ1n) is 6.45. The minimum absolute atomic E-state index is 0.255. The third-order valence-electron chi connectivity index (χ3n) is 2.92. The van der Waals surface area contributed by atoms with Gasteiger partial charge in [0.05, 0.1) is 6.61 Å². The molecule has 0 amide bonds. The second-order valence-corrected chi connectivity index (χ2v) is 4.75. The van der Waals surface area contributed by atoms with E-state index in [4.69, 9.17) is 21.1 Å². The molecule has 0 aliphatic rings. The molecule has 0 saturated carbocycles. The predicted octanol–water partition coefficient (Wildman–Crippen LogP) is 3.72. The normalized spacial score (nSPS) is 10.4. The van der Waals surface area contributed by atoms with Crippen molar-refractivity contribution in [2.24, 2.45) is 0 Å². The highest BCUT2D eigenvalue weighted by Gasteiger charge is 2.07. The van der Waals surface area contributed by atoms with Gasteiger partial charge in [0.2, 0.25) is 5.88 Å². The van der Waals surface area contributed by atoms with Crippen LogP contribution in [0.3, 0.4) is 0 Å². The molecular weight excluding hydrogens is 276 g/mol. The molecule has 1 aromatic heterocycles. The lowest BCUT2D eigenvalue weighted by Crippen LogP contribution is -2.05. The molecule has 0 aliphatic carbocycles. The molecule has 20 heavy (non-hydrogen) atoms. The minimum atomic E-state index is 0.255. The number of benzene rings is 1. The first-order valence-corrected chi connectivity index (χ1v) is 6.83. The van der Waals surface area contributed by atoms with Crippen molar-refractivity contribution in [1.82, 2.24) is 9.97 Å². The van der Waals surface area contributed by atoms with Crippen LogP contribution in [-0.4, -0.2) is 16.6 Å². The molecule has 0 aliphatic heterocycles. The largest absolute Gasteiger partial charge is 0.485 e. The molecule has 0 fully saturated rings. The molecule has 1 heterocycles. The van der Waals surface area contributed by atoms with E-state index in [9.17, 15) is 0 Å². The van der Waals surface area contributed by atoms with Crippen LogP contribution in [-0.2, 0) is 6.61 Å². The Hall–Kier alpha value is -1.81. The Morgan fingerprint density at radius 2 is 1.95 bits per heavy atom. The lowest BCUT2D eigenvalue weighted by molar-refractivity contribution is 0.284. The highest BCUT2D eigenvalue weighted by molar-refractivity contribution is 6.29. The summed E-state index contributed by atoms with van der Waals surface area (Å²) in [5, 5.41) is 0.350. The van der Waals surface area contributed by atoms with Crippen molar-refractivity contribution < 1.29 is 9.47 Å². The highest BCUT2D eigenvalue weighted by atomic mass is 35.5. The van der Waals surface area contributed by atoms with Gasteiger partial charge in [-0.1, -0.05) is 23.7 Å². The Balaban J connectivity index is 2.12. The van der Waals surface area contributed by atoms with Gasteiger partial charge in [0.25, 0.3) is 0 Å². The molecule has 106 valence electrons. The van der Waals surface area contributed by atoms with Crippen LogP contribution in [0.25, 0.3) is 0 Å². The van der Waals surface area contributed by atoms with E-state index in [0.717, 1.165) is 11.3 Å². The predicted molar refractivity (Wildman–Crippen MR) is 78.5 cm³/mol. The van der Waals surface area contributed by atoms with Crippen molar-refractivity contribution in [3.8, 4) is 11.6 Å². The zero-order valence-electron chi connectivity index (χ0n) is 11.8. The Morgan fingerprint density at radius 1 is 1.15 bits per heavy atom. The molecule has 1 aromatic carbocycles. The summed E-state index contributed by atoms with van der Waals surface area (Å²) < 4.78 is 11.1. The van der Waals surface area contributed by atoms with Crippen molar-refractivity contribution in [2.45, 2.75) is 27.4 Å². The zero-order chi connectivity index (χ0) is 14.5. The van der Waals surface area contributed by atoms with Crippen LogP contribution in [0.4, 0.5) is 0 Å². The van der Waals surface area contributed by atoms with Gasteiger partial charge in [0.1, 0.15) is 17.5 Å². The molecular formula is C15H17ClN2O2. The van der Waals surface area contributed by atoms with Crippen molar-refractivity contribution in [3.05, 3.63) is 46.4 Å². The molecule has 2 rings (SSSR count). The van der Waals surface area contributed by atoms with Crippen LogP contribution < -0.4 is 9.47 Å². The van der Waals surface area contributed by atoms with Gasteiger partial charge in [0.15, 0.2) is 5.82 Å². The summed E-state index contributed by atoms with van der Waals surface area (Å²) in [7, 11) is 0. The van der Waals surface area contributed by atoms with E-state index in [0.29, 0.717) is 23.5 Å². The Bertz CT molecular complexity index is 602. The molecule has 0 unspecified atom stereocenters. The number of hydrogen-bond donors (Lipinski definition) is 0. The Labute approximate surface area is 123 Å². The third kappa shape index (κ3) is 3.61. The van der Waals surface area contributed by atoms with Crippen LogP contribution >= 0.6 is 11.6 Å². The fourth-order valence-electron chi connectivity index (χ4n) is 1.75. The van der Waals surface area contributed by atoms with E-state index in [-0.39, 0.29) is 6.61 Å². The number of ether oxygens (including phenoxy) is 2. The Kier molecular flexibility index (Phi) is 4.79. The third-order valence-corrected chi connectivity index (χ3v) is 3.12. The topological polar surface area (TPSA) is 44.2 Å². The summed E-state index contributed by atoms with van der Waals surface area (Å²) in [6.07, 6.45) is 0. The quantitative estimate of drug-likeness (QED) is 0.788. The Morgan fingerprint density at radius 3 is 2.70 bits per heavy atom. The van der Waals surface area contributed by atoms with Crippen LogP contribution in [0.2, 0.25) is 5.15 Å². The smallest absolute Gasteiger partial charge is 0.218 e. The molecule has 0 spiro atoms. The van der Waals surface area contributed by atoms with Crippen molar-refractivity contribution >= 4 is 11.6 Å². The second-order valence-electron chi connectivity index (χ2n) is 4.36. The van der Waals surface area contributed by atoms with Gasteiger partial charge < -0.3 is 9.47 Å². The van der Waals surface area contributed by atoms with Gasteiger partial charge in [-0.05, 0) is 38.0 Å². The SMILES string of the molecule is CCOc1cc(Cl)nc(COc2cccc(C)c2C)n1. The van der Waals surface area contributed by atoms with Gasteiger partial charge in [-0.2, -0.15) is 4.98 Å². The zero-order valence-corrected chi connectivity index (χ0v) is 12.6. The number of nitrogens with zero attached hydrogens (tertiary/aromatic N) is 2. The molecule has 2 aromatic rings. The van der Waals surface area contributed by atoms with E-state index in [1.807, 2.05) is 39.0 Å². The van der Waals surface area contributed by atoms with E-state index < -0.39 is 0 Å². The number of aromatic nitrogens is 2. The van der Waals surface area contributed by atoms with Crippen molar-refractivity contribution in [1.29, 1.82) is 0 Å². The van der Waals surface area contributed by atoms with E-state index in [1.54, 1.807) is 6.07 Å². The summed E-state index contributed by atoms with van der Waals surface area (Å²) >= 11 is 5.94. The minimum Gasteiger partial charge on any atom is -0.485 e. The molecule has 0 bridgehead atoms. The maximum Gasteiger partial charge on any atom is 0.218 e. The summed E-state index contributed by atoms with van der Waals surface area (Å²) in [5.41, 5.74) is 2.30. The monoisotopic (exact) mass is 292 g/mol. The number of aryl methyl sites for hydroxylation is 1. The summed E-state index contributed by atoms with van der Waals surface area (Å²) in [6.45, 7) is 6.75. The lowest BCUT2D eigenvalue weighted by atomic mass is 10.1. The average Bonchev–Trinajstić information content (AvgIpc) is 2.40. The summed E-state index contributed by atoms with van der Waals surface area (Å²) in [5.74, 6) is 1.79. The number of halogens is 1. The van der Waals surface area contributed by atoms with Crippen LogP contribution in [0.5, 0.6) is 11.6 Å². The maximum absolute atomic E-state index is 5.94. The first kappa shape index (κ1) is 14.6. The summed E-state index contributed by atoms with van der Waals surface area (Å²) in [6, 6.07) is 7.52. The molecule has 0 atom stereocenters. The average molecular weight is 293 g/mol. The van der Waals surface area contributed by atoms with Crippen molar-refractivity contribution in [2.75, 3.05) is 6.61 Å². The molecule has 0 saturated heterocycles. The van der Waals surface area contributed by atoms with Crippen LogP contribution in [0.15, 0.2) is 24.3 Å². The number of hydrogen-bond acceptors (Lipinski definition) is 4. The fourth-order valence-corrected chi connectivity index (χ4v) is 1.94. The molecule has 0 N–H and O–H groups in total. The number of rotatable bonds is 5. The standard InChI is InChI=1S/C15H17ClN2O2/c1-4-19-15-8-13(16)17-14(18-15)9-20-12-7-5-6-10(2)11(12)3/h5-8H,4,9H2,1-3H3. The second kappa shape index (κ2) is 6.57. The van der Waals surface area contributed by atoms with Crippen LogP contribution in [0, 0.1) is 13.8 Å². The maximum atomic E-state index is 5.94.